The Labute approximate surface area is 336 Å². The molecule has 1 fully saturated rings. The van der Waals surface area contributed by atoms with Crippen LogP contribution in [0, 0.1) is 0 Å². The van der Waals surface area contributed by atoms with E-state index in [0.717, 1.165) is 32.4 Å². The summed E-state index contributed by atoms with van der Waals surface area (Å²) in [5.41, 5.74) is 6.86. The number of hydrogen-bond donors (Lipinski definition) is 5. The van der Waals surface area contributed by atoms with Gasteiger partial charge in [0.05, 0.1) is 25.4 Å². The number of carbonyl (C=O) groups excluding carboxylic acids is 2. The molecule has 13 heteroatoms. The number of aliphatic hydroxyl groups is 3. The second-order valence-electron chi connectivity index (χ2n) is 16.3. The first-order chi connectivity index (χ1) is 27.3. The highest BCUT2D eigenvalue weighted by atomic mass is 16.5. The zero-order valence-electron chi connectivity index (χ0n) is 34.0. The van der Waals surface area contributed by atoms with Crippen molar-refractivity contribution in [2.24, 2.45) is 0 Å². The summed E-state index contributed by atoms with van der Waals surface area (Å²) < 4.78 is 7.07. The summed E-state index contributed by atoms with van der Waals surface area (Å²) in [6.07, 6.45) is 10.6. The highest BCUT2D eigenvalue weighted by molar-refractivity contribution is 5.76. The zero-order chi connectivity index (χ0) is 40.9. The van der Waals surface area contributed by atoms with Crippen LogP contribution in [-0.4, -0.2) is 92.2 Å². The highest BCUT2D eigenvalue weighted by Crippen LogP contribution is 2.48. The second kappa shape index (κ2) is 17.8. The molecule has 13 nitrogen and oxygen atoms in total. The maximum atomic E-state index is 12.8. The number of nitrogens with zero attached hydrogens (tertiary/aromatic N) is 5. The van der Waals surface area contributed by atoms with Crippen molar-refractivity contribution in [2.45, 2.75) is 121 Å². The molecule has 0 radical (unpaired) electrons. The fourth-order valence-electron chi connectivity index (χ4n) is 8.69. The summed E-state index contributed by atoms with van der Waals surface area (Å²) >= 11 is 0. The minimum Gasteiger partial charge on any atom is -0.394 e. The zero-order valence-corrected chi connectivity index (χ0v) is 34.0. The van der Waals surface area contributed by atoms with Crippen LogP contribution in [0.3, 0.4) is 0 Å². The normalized spacial score (nSPS) is 25.7. The molecule has 4 heterocycles. The number of para-hydroxylation sites is 2. The molecular formula is C44H59N7O6. The number of nitrogens with one attached hydrogen (secondary N) is 2. The molecule has 1 saturated heterocycles. The van der Waals surface area contributed by atoms with Crippen LogP contribution in [0.2, 0.25) is 0 Å². The molecule has 306 valence electrons. The minimum atomic E-state index is -1.40. The number of ether oxygens (including phenoxy) is 1. The minimum absolute atomic E-state index is 0.0651. The van der Waals surface area contributed by atoms with Gasteiger partial charge in [-0.05, 0) is 49.1 Å². The van der Waals surface area contributed by atoms with Crippen LogP contribution < -0.4 is 20.4 Å². The molecule has 6 rings (SSSR count). The largest absolute Gasteiger partial charge is 0.394 e. The number of unbranched alkanes of at least 4 members (excludes halogenated alkanes) is 2. The van der Waals surface area contributed by atoms with Gasteiger partial charge >= 0.3 is 0 Å². The maximum Gasteiger partial charge on any atom is 0.220 e. The standard InChI is InChI=1S/C44H59N7O6/c1-7-49-33-20-15-13-18-31(33)43(3,4)36(49)22-10-8-11-23-37-44(5,6)32-19-14-16-21-34(32)50(37)25-17-9-12-24-38(54)45-26-30-27-51(48-47-30)42-39(46-29(2)53)41(56)40(55)35(28-52)57-42/h8,10-11,13-16,18-23,27,35,37,39-42,52,55-56H,7,9,12,17,24-26,28H2,1-6H3,(H,45,54)(H,46,53)/b10-8+,23-11+,36-22-/t35-,37?,39?,40+,41?,42-/m1/s1. The number of rotatable bonds is 15. The van der Waals surface area contributed by atoms with Crippen LogP contribution in [-0.2, 0) is 31.7 Å². The molecule has 0 aliphatic carbocycles. The molecule has 57 heavy (non-hydrogen) atoms. The monoisotopic (exact) mass is 781 g/mol. The van der Waals surface area contributed by atoms with Crippen LogP contribution in [0.1, 0.15) is 90.3 Å². The molecule has 2 aromatic carbocycles. The first-order valence-electron chi connectivity index (χ1n) is 20.1. The van der Waals surface area contributed by atoms with Crippen molar-refractivity contribution in [1.82, 2.24) is 25.6 Å². The first-order valence-corrected chi connectivity index (χ1v) is 20.1. The Bertz CT molecular complexity index is 1970. The van der Waals surface area contributed by atoms with Gasteiger partial charge in [-0.1, -0.05) is 100 Å². The van der Waals surface area contributed by atoms with E-state index in [-0.39, 0.29) is 29.3 Å². The predicted octanol–water partition coefficient (Wildman–Crippen LogP) is 4.55. The number of anilines is 2. The summed E-state index contributed by atoms with van der Waals surface area (Å²) in [4.78, 5) is 29.5. The molecular weight excluding hydrogens is 723 g/mol. The first kappa shape index (κ1) is 41.8. The van der Waals surface area contributed by atoms with Crippen LogP contribution in [0.5, 0.6) is 0 Å². The van der Waals surface area contributed by atoms with Crippen molar-refractivity contribution in [3.05, 3.63) is 108 Å². The van der Waals surface area contributed by atoms with Crippen LogP contribution in [0.15, 0.2) is 90.8 Å². The van der Waals surface area contributed by atoms with Crippen LogP contribution in [0.4, 0.5) is 11.4 Å². The van der Waals surface area contributed by atoms with Crippen molar-refractivity contribution in [3.63, 3.8) is 0 Å². The quantitative estimate of drug-likeness (QED) is 0.109. The van der Waals surface area contributed by atoms with E-state index in [1.54, 1.807) is 6.20 Å². The summed E-state index contributed by atoms with van der Waals surface area (Å²) in [5.74, 6) is -0.535. The number of aliphatic hydroxyl groups excluding tert-OH is 3. The lowest BCUT2D eigenvalue weighted by atomic mass is 9.80. The van der Waals surface area contributed by atoms with Crippen LogP contribution >= 0.6 is 0 Å². The van der Waals surface area contributed by atoms with Gasteiger partial charge in [0.1, 0.15) is 30.0 Å². The molecule has 3 aromatic rings. The van der Waals surface area contributed by atoms with Crippen molar-refractivity contribution in [1.29, 1.82) is 0 Å². The Kier molecular flexibility index (Phi) is 13.0. The lowest BCUT2D eigenvalue weighted by molar-refractivity contribution is -0.219. The predicted molar refractivity (Wildman–Crippen MR) is 220 cm³/mol. The molecule has 0 bridgehead atoms. The smallest absolute Gasteiger partial charge is 0.220 e. The van der Waals surface area contributed by atoms with Gasteiger partial charge in [0.15, 0.2) is 6.23 Å². The Morgan fingerprint density at radius 3 is 2.37 bits per heavy atom. The maximum absolute atomic E-state index is 12.8. The van der Waals surface area contributed by atoms with Gasteiger partial charge in [-0.3, -0.25) is 9.59 Å². The van der Waals surface area contributed by atoms with E-state index >= 15 is 0 Å². The lowest BCUT2D eigenvalue weighted by Crippen LogP contribution is -2.62. The summed E-state index contributed by atoms with van der Waals surface area (Å²) in [7, 11) is 0. The number of carbonyl (C=O) groups is 2. The highest BCUT2D eigenvalue weighted by Gasteiger charge is 2.46. The molecule has 1 aromatic heterocycles. The molecule has 3 aliphatic rings. The number of allylic oxidation sites excluding steroid dienone is 5. The number of fused-ring (bicyclic) bond motifs is 2. The van der Waals surface area contributed by atoms with Gasteiger partial charge < -0.3 is 40.5 Å². The SMILES string of the molecule is CCN1\C(=C/C=C/C=C/C2N(CCCCCC(=O)NCc3cn([C@@H]4O[C@H](CO)[C@H](O)C(O)C4NC(C)=O)nn3)c3ccccc3C2(C)C)C(C)(C)c2ccccc21. The fraction of sp³-hybridized carbons (Fsp3) is 0.500. The summed E-state index contributed by atoms with van der Waals surface area (Å²) in [5, 5.41) is 44.2. The van der Waals surface area contributed by atoms with Gasteiger partial charge in [-0.25, -0.2) is 4.68 Å². The lowest BCUT2D eigenvalue weighted by Gasteiger charge is -2.42. The number of likely N-dealkylation sites (N-methyl/N-ethyl adjacent to an activating group) is 1. The number of hydrogen-bond acceptors (Lipinski definition) is 10. The van der Waals surface area contributed by atoms with E-state index in [4.69, 9.17) is 4.74 Å². The van der Waals surface area contributed by atoms with E-state index in [1.165, 1.54) is 39.8 Å². The van der Waals surface area contributed by atoms with Gasteiger partial charge in [0.25, 0.3) is 0 Å². The topological polar surface area (TPSA) is 165 Å². The van der Waals surface area contributed by atoms with E-state index in [9.17, 15) is 24.9 Å². The molecule has 0 spiro atoms. The molecule has 3 unspecified atom stereocenters. The second-order valence-corrected chi connectivity index (χ2v) is 16.3. The summed E-state index contributed by atoms with van der Waals surface area (Å²) in [6.45, 7) is 14.1. The average molecular weight is 782 g/mol. The van der Waals surface area contributed by atoms with E-state index < -0.39 is 43.1 Å². The third-order valence-corrected chi connectivity index (χ3v) is 11.7. The molecule has 5 N–H and O–H groups in total. The Hall–Kier alpha value is -4.82. The van der Waals surface area contributed by atoms with Crippen molar-refractivity contribution < 1.29 is 29.6 Å². The third-order valence-electron chi connectivity index (χ3n) is 11.7. The molecule has 0 saturated carbocycles. The third kappa shape index (κ3) is 8.72. The Balaban J connectivity index is 1.01. The molecule has 2 amide bonds. The van der Waals surface area contributed by atoms with Gasteiger partial charge in [-0.15, -0.1) is 5.10 Å². The van der Waals surface area contributed by atoms with Crippen LogP contribution in [0.25, 0.3) is 0 Å². The van der Waals surface area contributed by atoms with Gasteiger partial charge in [0.2, 0.25) is 11.8 Å². The molecule has 3 aliphatic heterocycles. The van der Waals surface area contributed by atoms with Crippen molar-refractivity contribution in [3.8, 4) is 0 Å². The van der Waals surface area contributed by atoms with Crippen molar-refractivity contribution >= 4 is 23.2 Å². The number of benzene rings is 2. The number of aromatic nitrogens is 3. The van der Waals surface area contributed by atoms with E-state index in [2.05, 4.69) is 144 Å². The number of amides is 2. The summed E-state index contributed by atoms with van der Waals surface area (Å²) in [6, 6.07) is 16.5. The van der Waals surface area contributed by atoms with Crippen molar-refractivity contribution in [2.75, 3.05) is 29.5 Å². The van der Waals surface area contributed by atoms with Gasteiger partial charge in [-0.2, -0.15) is 0 Å². The Morgan fingerprint density at radius 2 is 1.65 bits per heavy atom. The van der Waals surface area contributed by atoms with Gasteiger partial charge in [0, 0.05) is 54.3 Å². The van der Waals surface area contributed by atoms with E-state index in [1.807, 2.05) is 0 Å². The van der Waals surface area contributed by atoms with E-state index in [0.29, 0.717) is 12.1 Å². The molecule has 6 atom stereocenters. The fourth-order valence-corrected chi connectivity index (χ4v) is 8.69. The average Bonchev–Trinajstić information content (AvgIpc) is 3.81. The Morgan fingerprint density at radius 1 is 0.930 bits per heavy atom.